The van der Waals surface area contributed by atoms with Gasteiger partial charge in [0.15, 0.2) is 0 Å². The molecule has 0 bridgehead atoms. The van der Waals surface area contributed by atoms with Crippen LogP contribution in [0.2, 0.25) is 0 Å². The fraction of sp³-hybridized carbons (Fsp3) is 0.714. The van der Waals surface area contributed by atoms with Crippen molar-refractivity contribution in [3.63, 3.8) is 0 Å². The molecule has 0 N–H and O–H groups in total. The van der Waals surface area contributed by atoms with Crippen LogP contribution in [0.4, 0.5) is 0 Å². The first-order valence-corrected chi connectivity index (χ1v) is 19.2. The van der Waals surface area contributed by atoms with Gasteiger partial charge in [-0.25, -0.2) is 0 Å². The van der Waals surface area contributed by atoms with E-state index in [9.17, 15) is 0 Å². The fourth-order valence-corrected chi connectivity index (χ4v) is 18.7. The SMILES string of the molecule is I[C](I)C(I)(I)C(I)(I)C(I)(I)C(I)(I)C(I)(I)[C](I)I. The minimum absolute atomic E-state index is 0.0195. The summed E-state index contributed by atoms with van der Waals surface area (Å²) in [5.74, 6) is 0. The smallest absolute Gasteiger partial charge is 0.0623 e. The van der Waals surface area contributed by atoms with Gasteiger partial charge in [-0.2, -0.15) is 0 Å². The van der Waals surface area contributed by atoms with Crippen LogP contribution in [0.5, 0.6) is 0 Å². The minimum Gasteiger partial charge on any atom is -0.0623 e. The lowest BCUT2D eigenvalue weighted by atomic mass is 10.1. The Bertz CT molecular complexity index is 334. The van der Waals surface area contributed by atoms with Crippen LogP contribution in [0.25, 0.3) is 0 Å². The average Bonchev–Trinajstić information content (AvgIpc) is 2.27. The normalized spacial score (nSPS) is 16.0. The topological polar surface area (TPSA) is 0 Å². The Kier molecular flexibility index (Phi) is 18.0. The quantitative estimate of drug-likeness (QED) is 0.184. The average molecular weight is 1860 g/mol. The van der Waals surface area contributed by atoms with Gasteiger partial charge in [0.2, 0.25) is 0 Å². The second-order valence-corrected chi connectivity index (χ2v) is 38.3. The Morgan fingerprint density at radius 3 is 0.714 bits per heavy atom. The molecule has 0 aromatic carbocycles. The Balaban J connectivity index is 6.09. The van der Waals surface area contributed by atoms with Crippen molar-refractivity contribution >= 4 is 316 Å². The molecule has 0 nitrogen and oxygen atoms in total. The van der Waals surface area contributed by atoms with E-state index in [0.29, 0.717) is 0 Å². The van der Waals surface area contributed by atoms with E-state index in [-0.39, 0.29) is 7.14 Å². The van der Waals surface area contributed by atoms with Gasteiger partial charge in [0.1, 0.15) is 11.0 Å². The molecule has 126 valence electrons. The van der Waals surface area contributed by atoms with Crippen molar-refractivity contribution in [3.05, 3.63) is 3.86 Å². The molecule has 0 unspecified atom stereocenters. The monoisotopic (exact) mass is 1860 g/mol. The molecule has 21 heavy (non-hydrogen) atoms. The molecular formula is C7I14. The molecule has 2 radical (unpaired) electrons. The van der Waals surface area contributed by atoms with Gasteiger partial charge >= 0.3 is 0 Å². The van der Waals surface area contributed by atoms with Crippen LogP contribution in [0.3, 0.4) is 0 Å². The highest BCUT2D eigenvalue weighted by molar-refractivity contribution is 14.2. The summed E-state index contributed by atoms with van der Waals surface area (Å²) in [6.45, 7) is 0. The van der Waals surface area contributed by atoms with E-state index in [4.69, 9.17) is 0 Å². The third kappa shape index (κ3) is 7.10. The van der Waals surface area contributed by atoms with Crippen molar-refractivity contribution in [2.24, 2.45) is 0 Å². The highest BCUT2D eigenvalue weighted by Gasteiger charge is 2.71. The summed E-state index contributed by atoms with van der Waals surface area (Å²) >= 11 is 36.3. The lowest BCUT2D eigenvalue weighted by Crippen LogP contribution is -2.61. The van der Waals surface area contributed by atoms with Gasteiger partial charge in [0.05, 0.1) is 0 Å². The van der Waals surface area contributed by atoms with Crippen LogP contribution in [0.15, 0.2) is 0 Å². The molecule has 0 heterocycles. The summed E-state index contributed by atoms with van der Waals surface area (Å²) in [7, 11) is 0. The number of hydrogen-bond donors (Lipinski definition) is 0. The van der Waals surface area contributed by atoms with E-state index < -0.39 is 0 Å². The molecule has 0 rings (SSSR count). The number of rotatable bonds is 6. The van der Waals surface area contributed by atoms with Crippen LogP contribution in [0, 0.1) is 3.86 Å². The standard InChI is InChI=1S/C7I14/c8-1(9)3(12,13)5(16,17)7(20,21)6(18,19)4(14,15)2(10)11. The van der Waals surface area contributed by atoms with Crippen molar-refractivity contribution in [2.45, 2.75) is 7.14 Å². The van der Waals surface area contributed by atoms with Crippen LogP contribution in [-0.4, -0.2) is 7.14 Å². The summed E-state index contributed by atoms with van der Waals surface area (Å²) in [5.41, 5.74) is 0. The largest absolute Gasteiger partial charge is 0.125 e. The number of alkyl halides is 10. The van der Waals surface area contributed by atoms with Crippen LogP contribution < -0.4 is 0 Å². The van der Waals surface area contributed by atoms with E-state index in [1.54, 1.807) is 0 Å². The second kappa shape index (κ2) is 12.1. The van der Waals surface area contributed by atoms with Gasteiger partial charge in [0, 0.05) is 0 Å². The molecule has 0 spiro atoms. The van der Waals surface area contributed by atoms with Crippen molar-refractivity contribution in [2.75, 3.05) is 0 Å². The zero-order chi connectivity index (χ0) is 17.7. The minimum atomic E-state index is 0.0195. The molecule has 14 heteroatoms. The molecule has 0 aliphatic heterocycles. The lowest BCUT2D eigenvalue weighted by Gasteiger charge is -2.53. The Hall–Kier alpha value is 10.2. The van der Waals surface area contributed by atoms with E-state index >= 15 is 0 Å². The first-order chi connectivity index (χ1) is 8.89. The molecule has 0 atom stereocenters. The van der Waals surface area contributed by atoms with Crippen LogP contribution in [0.1, 0.15) is 0 Å². The predicted molar refractivity (Wildman–Crippen MR) is 216 cm³/mol. The van der Waals surface area contributed by atoms with E-state index in [1.807, 2.05) is 0 Å². The lowest BCUT2D eigenvalue weighted by molar-refractivity contribution is 0.762. The van der Waals surface area contributed by atoms with E-state index in [1.165, 1.54) is 3.86 Å². The zero-order valence-corrected chi connectivity index (χ0v) is 39.0. The summed E-state index contributed by atoms with van der Waals surface area (Å²) in [6.07, 6.45) is 0. The zero-order valence-electron chi connectivity index (χ0n) is 8.79. The summed E-state index contributed by atoms with van der Waals surface area (Å²) < 4.78 is 2.97. The van der Waals surface area contributed by atoms with Crippen molar-refractivity contribution in [1.29, 1.82) is 0 Å². The van der Waals surface area contributed by atoms with Gasteiger partial charge in [-0.3, -0.25) is 0 Å². The molecule has 0 fully saturated rings. The first kappa shape index (κ1) is 31.2. The maximum atomic E-state index is 2.68. The molecule has 0 saturated carbocycles. The molecule has 0 aromatic rings. The van der Waals surface area contributed by atoms with Gasteiger partial charge < -0.3 is 0 Å². The molecular weight excluding hydrogens is 1860 g/mol. The third-order valence-electron chi connectivity index (χ3n) is 2.05. The van der Waals surface area contributed by atoms with Crippen molar-refractivity contribution < 1.29 is 0 Å². The number of hydrogen-bond acceptors (Lipinski definition) is 0. The maximum Gasteiger partial charge on any atom is 0.125 e. The predicted octanol–water partition coefficient (Wildman–Crippen LogP) is 11.5. The maximum absolute atomic E-state index is 2.68. The summed E-state index contributed by atoms with van der Waals surface area (Å²) in [4.78, 5) is 0. The van der Waals surface area contributed by atoms with Crippen LogP contribution in [-0.2, 0) is 0 Å². The van der Waals surface area contributed by atoms with Crippen molar-refractivity contribution in [3.8, 4) is 0 Å². The van der Waals surface area contributed by atoms with E-state index in [0.717, 1.165) is 0 Å². The van der Waals surface area contributed by atoms with Gasteiger partial charge in [-0.1, -0.05) is 316 Å². The molecule has 0 aliphatic carbocycles. The summed E-state index contributed by atoms with van der Waals surface area (Å²) in [6, 6.07) is 0. The van der Waals surface area contributed by atoms with Crippen LogP contribution >= 0.6 is 316 Å². The number of halogens is 14. The Labute approximate surface area is 317 Å². The molecule has 0 saturated heterocycles. The molecule has 0 aromatic heterocycles. The van der Waals surface area contributed by atoms with E-state index in [2.05, 4.69) is 316 Å². The van der Waals surface area contributed by atoms with Gasteiger partial charge in [-0.15, -0.1) is 0 Å². The van der Waals surface area contributed by atoms with Gasteiger partial charge in [-0.05, 0) is 0 Å². The Morgan fingerprint density at radius 2 is 0.571 bits per heavy atom. The van der Waals surface area contributed by atoms with Crippen molar-refractivity contribution in [1.82, 2.24) is 0 Å². The fourth-order valence-electron chi connectivity index (χ4n) is 0.829. The highest BCUT2D eigenvalue weighted by atomic mass is 127. The Morgan fingerprint density at radius 1 is 0.381 bits per heavy atom. The van der Waals surface area contributed by atoms with Gasteiger partial charge in [0.25, 0.3) is 0 Å². The molecule has 0 amide bonds. The highest BCUT2D eigenvalue weighted by Crippen LogP contribution is 2.76. The molecule has 0 aliphatic rings. The first-order valence-electron chi connectivity index (χ1n) is 4.15. The summed E-state index contributed by atoms with van der Waals surface area (Å²) in [5, 5.41) is 0. The third-order valence-corrected chi connectivity index (χ3v) is 45.2. The second-order valence-electron chi connectivity index (χ2n) is 3.39.